The van der Waals surface area contributed by atoms with Crippen LogP contribution in [0.4, 0.5) is 0 Å². The van der Waals surface area contributed by atoms with Crippen LogP contribution in [-0.4, -0.2) is 52.4 Å². The number of ether oxygens (including phenoxy) is 2. The van der Waals surface area contributed by atoms with Gasteiger partial charge in [0.05, 0.1) is 19.3 Å². The van der Waals surface area contributed by atoms with Crippen molar-refractivity contribution in [2.45, 2.75) is 33.2 Å². The molecule has 2 rings (SSSR count). The number of hydrogen-bond donors (Lipinski definition) is 0. The summed E-state index contributed by atoms with van der Waals surface area (Å²) in [6.07, 6.45) is 1.22. The quantitative estimate of drug-likeness (QED) is 0.587. The zero-order valence-corrected chi connectivity index (χ0v) is 16.3. The molecule has 0 saturated carbocycles. The molecule has 0 unspecified atom stereocenters. The molecule has 0 aliphatic rings. The largest absolute Gasteiger partial charge is 0.351 e. The van der Waals surface area contributed by atoms with Crippen LogP contribution in [0.2, 0.25) is 0 Å². The minimum atomic E-state index is -0.397. The van der Waals surface area contributed by atoms with E-state index >= 15 is 0 Å². The van der Waals surface area contributed by atoms with Gasteiger partial charge in [-0.3, -0.25) is 4.79 Å². The summed E-state index contributed by atoms with van der Waals surface area (Å²) in [6, 6.07) is 2.00. The van der Waals surface area contributed by atoms with E-state index in [4.69, 9.17) is 9.47 Å². The van der Waals surface area contributed by atoms with Crippen LogP contribution in [0.5, 0.6) is 0 Å². The molecular weight excluding hydrogens is 396 g/mol. The number of hydrogen-bond acceptors (Lipinski definition) is 6. The Kier molecular flexibility index (Phi) is 7.35. The predicted octanol–water partition coefficient (Wildman–Crippen LogP) is 2.77. The second-order valence-electron chi connectivity index (χ2n) is 5.06. The van der Waals surface area contributed by atoms with Gasteiger partial charge in [0.1, 0.15) is 0 Å². The SMILES string of the molecule is CCOC(Cn1cc(C(=O)N(C)Cc2cc(Br)cs2)nn1)OCC. The minimum absolute atomic E-state index is 0.171. The zero-order valence-electron chi connectivity index (χ0n) is 13.9. The van der Waals surface area contributed by atoms with Crippen LogP contribution in [0, 0.1) is 0 Å². The van der Waals surface area contributed by atoms with Crippen molar-refractivity contribution in [3.05, 3.63) is 32.7 Å². The number of carbonyl (C=O) groups excluding carboxylic acids is 1. The molecule has 0 N–H and O–H groups in total. The highest BCUT2D eigenvalue weighted by Crippen LogP contribution is 2.21. The Bertz CT molecular complexity index is 655. The van der Waals surface area contributed by atoms with Crippen LogP contribution >= 0.6 is 27.3 Å². The summed E-state index contributed by atoms with van der Waals surface area (Å²) in [7, 11) is 1.75. The van der Waals surface area contributed by atoms with Crippen LogP contribution in [0.25, 0.3) is 0 Å². The molecule has 24 heavy (non-hydrogen) atoms. The van der Waals surface area contributed by atoms with E-state index < -0.39 is 6.29 Å². The van der Waals surface area contributed by atoms with Gasteiger partial charge in [-0.2, -0.15) is 0 Å². The molecule has 9 heteroatoms. The maximum atomic E-state index is 12.4. The number of carbonyl (C=O) groups is 1. The van der Waals surface area contributed by atoms with Crippen molar-refractivity contribution in [3.63, 3.8) is 0 Å². The highest BCUT2D eigenvalue weighted by Gasteiger charge is 2.18. The maximum absolute atomic E-state index is 12.4. The molecule has 2 aromatic heterocycles. The Morgan fingerprint density at radius 2 is 2.12 bits per heavy atom. The monoisotopic (exact) mass is 416 g/mol. The number of halogens is 1. The van der Waals surface area contributed by atoms with E-state index in [1.165, 1.54) is 0 Å². The molecule has 2 aromatic rings. The molecule has 0 aliphatic heterocycles. The lowest BCUT2D eigenvalue weighted by molar-refractivity contribution is -0.145. The van der Waals surface area contributed by atoms with E-state index in [-0.39, 0.29) is 5.91 Å². The van der Waals surface area contributed by atoms with Crippen molar-refractivity contribution >= 4 is 33.2 Å². The normalized spacial score (nSPS) is 11.2. The fourth-order valence-corrected chi connectivity index (χ4v) is 3.60. The van der Waals surface area contributed by atoms with Crippen molar-refractivity contribution in [1.82, 2.24) is 19.9 Å². The summed E-state index contributed by atoms with van der Waals surface area (Å²) < 4.78 is 13.5. The van der Waals surface area contributed by atoms with Crippen LogP contribution in [0.3, 0.4) is 0 Å². The third-order valence-corrected chi connectivity index (χ3v) is 4.84. The lowest BCUT2D eigenvalue weighted by Gasteiger charge is -2.16. The van der Waals surface area contributed by atoms with Crippen molar-refractivity contribution in [2.24, 2.45) is 0 Å². The third kappa shape index (κ3) is 5.37. The van der Waals surface area contributed by atoms with Crippen molar-refractivity contribution in [1.29, 1.82) is 0 Å². The highest BCUT2D eigenvalue weighted by atomic mass is 79.9. The fourth-order valence-electron chi connectivity index (χ4n) is 2.10. The first-order chi connectivity index (χ1) is 11.5. The van der Waals surface area contributed by atoms with Crippen molar-refractivity contribution in [3.8, 4) is 0 Å². The van der Waals surface area contributed by atoms with Gasteiger partial charge < -0.3 is 14.4 Å². The minimum Gasteiger partial charge on any atom is -0.351 e. The van der Waals surface area contributed by atoms with Gasteiger partial charge in [0, 0.05) is 35.0 Å². The summed E-state index contributed by atoms with van der Waals surface area (Å²) in [4.78, 5) is 15.2. The average molecular weight is 417 g/mol. The van der Waals surface area contributed by atoms with Gasteiger partial charge in [0.15, 0.2) is 12.0 Å². The summed E-state index contributed by atoms with van der Waals surface area (Å²) in [5.74, 6) is -0.171. The molecule has 0 fully saturated rings. The Labute approximate surface area is 153 Å². The smallest absolute Gasteiger partial charge is 0.276 e. The molecule has 132 valence electrons. The van der Waals surface area contributed by atoms with E-state index in [9.17, 15) is 4.79 Å². The molecule has 2 heterocycles. The fraction of sp³-hybridized carbons (Fsp3) is 0.533. The van der Waals surface area contributed by atoms with Crippen molar-refractivity contribution < 1.29 is 14.3 Å². The first-order valence-corrected chi connectivity index (χ1v) is 9.32. The van der Waals surface area contributed by atoms with Gasteiger partial charge in [-0.05, 0) is 35.8 Å². The van der Waals surface area contributed by atoms with E-state index in [2.05, 4.69) is 26.2 Å². The lowest BCUT2D eigenvalue weighted by atomic mass is 10.3. The number of rotatable bonds is 9. The summed E-state index contributed by atoms with van der Waals surface area (Å²) in [5.41, 5.74) is 0.305. The van der Waals surface area contributed by atoms with Gasteiger partial charge >= 0.3 is 0 Å². The Balaban J connectivity index is 1.96. The van der Waals surface area contributed by atoms with E-state index in [0.717, 1.165) is 9.35 Å². The first-order valence-electron chi connectivity index (χ1n) is 7.65. The standard InChI is InChI=1S/C15H21BrN4O3S/c1-4-22-14(23-5-2)9-20-8-13(17-18-20)15(21)19(3)7-12-6-11(16)10-24-12/h6,8,10,14H,4-5,7,9H2,1-3H3. The molecule has 7 nitrogen and oxygen atoms in total. The van der Waals surface area contributed by atoms with Crippen LogP contribution in [0.15, 0.2) is 22.1 Å². The van der Waals surface area contributed by atoms with Crippen LogP contribution in [-0.2, 0) is 22.6 Å². The molecule has 0 radical (unpaired) electrons. The van der Waals surface area contributed by atoms with Gasteiger partial charge in [0.25, 0.3) is 5.91 Å². The number of aromatic nitrogens is 3. The molecule has 1 amide bonds. The predicted molar refractivity (Wildman–Crippen MR) is 94.9 cm³/mol. The van der Waals surface area contributed by atoms with E-state index in [1.54, 1.807) is 34.2 Å². The first kappa shape index (κ1) is 19.0. The summed E-state index contributed by atoms with van der Waals surface area (Å²) >= 11 is 5.01. The van der Waals surface area contributed by atoms with E-state index in [1.807, 2.05) is 25.3 Å². The topological polar surface area (TPSA) is 69.5 Å². The molecular formula is C15H21BrN4O3S. The second kappa shape index (κ2) is 9.26. The summed E-state index contributed by atoms with van der Waals surface area (Å²) in [5, 5.41) is 9.94. The molecule has 0 aromatic carbocycles. The van der Waals surface area contributed by atoms with Crippen molar-refractivity contribution in [2.75, 3.05) is 20.3 Å². The van der Waals surface area contributed by atoms with Gasteiger partial charge in [0.2, 0.25) is 0 Å². The third-order valence-electron chi connectivity index (χ3n) is 3.16. The highest BCUT2D eigenvalue weighted by molar-refractivity contribution is 9.10. The Morgan fingerprint density at radius 1 is 1.42 bits per heavy atom. The Hall–Kier alpha value is -1.29. The maximum Gasteiger partial charge on any atom is 0.276 e. The number of thiophene rings is 1. The number of nitrogens with zero attached hydrogens (tertiary/aromatic N) is 4. The Morgan fingerprint density at radius 3 is 2.71 bits per heavy atom. The van der Waals surface area contributed by atoms with Gasteiger partial charge in [-0.15, -0.1) is 16.4 Å². The van der Waals surface area contributed by atoms with Gasteiger partial charge in [-0.1, -0.05) is 5.21 Å². The van der Waals surface area contributed by atoms with Crippen LogP contribution < -0.4 is 0 Å². The number of amides is 1. The van der Waals surface area contributed by atoms with Crippen LogP contribution in [0.1, 0.15) is 29.2 Å². The van der Waals surface area contributed by atoms with Gasteiger partial charge in [-0.25, -0.2) is 4.68 Å². The molecule has 0 atom stereocenters. The molecule has 0 bridgehead atoms. The zero-order chi connectivity index (χ0) is 17.5. The molecule has 0 saturated heterocycles. The second-order valence-corrected chi connectivity index (χ2v) is 6.97. The summed E-state index contributed by atoms with van der Waals surface area (Å²) in [6.45, 7) is 5.82. The molecule has 0 aliphatic carbocycles. The van der Waals surface area contributed by atoms with E-state index in [0.29, 0.717) is 32.0 Å². The lowest BCUT2D eigenvalue weighted by Crippen LogP contribution is -2.26. The average Bonchev–Trinajstić information content (AvgIpc) is 3.16. The molecule has 0 spiro atoms.